The number of amides is 3. The summed E-state index contributed by atoms with van der Waals surface area (Å²) < 4.78 is 0. The second-order valence-corrected chi connectivity index (χ2v) is 9.66. The lowest BCUT2D eigenvalue weighted by atomic mass is 9.94. The standard InChI is InChI=1S/C23H38N4O3/c1-18(28)24-10-14-27(15-11-24)23(30)21(19-6-2-3-7-19)25-12-16-26(17-13-25)22(29)20-8-4-5-9-20/h19-21H,2-17H2,1H3. The highest BCUT2D eigenvalue weighted by molar-refractivity contribution is 5.83. The Labute approximate surface area is 180 Å². The Morgan fingerprint density at radius 1 is 0.667 bits per heavy atom. The number of rotatable bonds is 4. The Morgan fingerprint density at radius 2 is 1.17 bits per heavy atom. The van der Waals surface area contributed by atoms with Crippen LogP contribution >= 0.6 is 0 Å². The van der Waals surface area contributed by atoms with E-state index in [4.69, 9.17) is 0 Å². The number of hydrogen-bond donors (Lipinski definition) is 0. The van der Waals surface area contributed by atoms with Crippen molar-refractivity contribution in [1.82, 2.24) is 19.6 Å². The molecule has 4 aliphatic rings. The van der Waals surface area contributed by atoms with Crippen molar-refractivity contribution in [1.29, 1.82) is 0 Å². The summed E-state index contributed by atoms with van der Waals surface area (Å²) in [6.07, 6.45) is 9.16. The minimum atomic E-state index is -0.0555. The van der Waals surface area contributed by atoms with Crippen molar-refractivity contribution in [2.24, 2.45) is 11.8 Å². The third-order valence-electron chi connectivity index (χ3n) is 7.86. The van der Waals surface area contributed by atoms with E-state index in [2.05, 4.69) is 4.90 Å². The average Bonchev–Trinajstić information content (AvgIpc) is 3.48. The van der Waals surface area contributed by atoms with E-state index in [0.717, 1.165) is 51.9 Å². The van der Waals surface area contributed by atoms with Crippen LogP contribution in [0.25, 0.3) is 0 Å². The zero-order valence-corrected chi connectivity index (χ0v) is 18.6. The second kappa shape index (κ2) is 9.67. The number of carbonyl (C=O) groups is 3. The minimum absolute atomic E-state index is 0.0555. The molecule has 0 N–H and O–H groups in total. The first kappa shape index (κ1) is 21.6. The molecule has 7 heteroatoms. The summed E-state index contributed by atoms with van der Waals surface area (Å²) in [4.78, 5) is 46.3. The smallest absolute Gasteiger partial charge is 0.240 e. The molecule has 30 heavy (non-hydrogen) atoms. The molecular weight excluding hydrogens is 380 g/mol. The van der Waals surface area contributed by atoms with Crippen molar-refractivity contribution in [2.45, 2.75) is 64.3 Å². The third kappa shape index (κ3) is 4.66. The topological polar surface area (TPSA) is 64.2 Å². The van der Waals surface area contributed by atoms with Gasteiger partial charge in [0.2, 0.25) is 17.7 Å². The SMILES string of the molecule is CC(=O)N1CCN(C(=O)C(C2CCCC2)N2CCN(C(=O)C3CCCC3)CC2)CC1. The molecular formula is C23H38N4O3. The predicted molar refractivity (Wildman–Crippen MR) is 115 cm³/mol. The predicted octanol–water partition coefficient (Wildman–Crippen LogP) is 1.57. The Morgan fingerprint density at radius 3 is 1.73 bits per heavy atom. The molecule has 4 fully saturated rings. The van der Waals surface area contributed by atoms with E-state index in [-0.39, 0.29) is 23.8 Å². The van der Waals surface area contributed by atoms with Crippen LogP contribution in [-0.4, -0.2) is 95.7 Å². The van der Waals surface area contributed by atoms with Crippen LogP contribution in [0.1, 0.15) is 58.3 Å². The van der Waals surface area contributed by atoms with Crippen LogP contribution in [-0.2, 0) is 14.4 Å². The van der Waals surface area contributed by atoms with Gasteiger partial charge in [-0.25, -0.2) is 0 Å². The zero-order valence-electron chi connectivity index (χ0n) is 18.6. The average molecular weight is 419 g/mol. The van der Waals surface area contributed by atoms with Crippen molar-refractivity contribution in [3.63, 3.8) is 0 Å². The Bertz CT molecular complexity index is 626. The highest BCUT2D eigenvalue weighted by Crippen LogP contribution is 2.33. The van der Waals surface area contributed by atoms with Crippen LogP contribution < -0.4 is 0 Å². The number of carbonyl (C=O) groups excluding carboxylic acids is 3. The number of piperazine rings is 2. The maximum Gasteiger partial charge on any atom is 0.240 e. The molecule has 0 bridgehead atoms. The highest BCUT2D eigenvalue weighted by atomic mass is 16.2. The normalized spacial score (nSPS) is 25.7. The van der Waals surface area contributed by atoms with Gasteiger partial charge in [-0.1, -0.05) is 25.7 Å². The molecule has 2 aliphatic heterocycles. The fraction of sp³-hybridized carbons (Fsp3) is 0.870. The van der Waals surface area contributed by atoms with Gasteiger partial charge in [0.15, 0.2) is 0 Å². The molecule has 0 aromatic heterocycles. The van der Waals surface area contributed by atoms with Gasteiger partial charge in [-0.3, -0.25) is 19.3 Å². The molecule has 2 aliphatic carbocycles. The van der Waals surface area contributed by atoms with E-state index < -0.39 is 0 Å². The van der Waals surface area contributed by atoms with Crippen molar-refractivity contribution in [3.05, 3.63) is 0 Å². The summed E-state index contributed by atoms with van der Waals surface area (Å²) in [6.45, 7) is 7.28. The Hall–Kier alpha value is -1.63. The molecule has 0 aromatic rings. The Balaban J connectivity index is 1.37. The molecule has 1 unspecified atom stereocenters. The first-order chi connectivity index (χ1) is 14.5. The monoisotopic (exact) mass is 418 g/mol. The van der Waals surface area contributed by atoms with Gasteiger partial charge in [-0.2, -0.15) is 0 Å². The van der Waals surface area contributed by atoms with Gasteiger partial charge in [0.1, 0.15) is 0 Å². The summed E-state index contributed by atoms with van der Waals surface area (Å²) in [5, 5.41) is 0. The molecule has 2 saturated heterocycles. The maximum atomic E-state index is 13.6. The van der Waals surface area contributed by atoms with E-state index in [1.807, 2.05) is 14.7 Å². The fourth-order valence-electron chi connectivity index (χ4n) is 6.01. The van der Waals surface area contributed by atoms with Crippen LogP contribution in [0.2, 0.25) is 0 Å². The van der Waals surface area contributed by atoms with E-state index in [1.54, 1.807) is 6.92 Å². The summed E-state index contributed by atoms with van der Waals surface area (Å²) >= 11 is 0. The Kier molecular flexibility index (Phi) is 6.96. The van der Waals surface area contributed by atoms with Crippen LogP contribution in [0, 0.1) is 11.8 Å². The first-order valence-electron chi connectivity index (χ1n) is 12.1. The lowest BCUT2D eigenvalue weighted by molar-refractivity contribution is -0.146. The lowest BCUT2D eigenvalue weighted by Crippen LogP contribution is -2.61. The van der Waals surface area contributed by atoms with E-state index in [1.165, 1.54) is 25.7 Å². The third-order valence-corrected chi connectivity index (χ3v) is 7.86. The van der Waals surface area contributed by atoms with Gasteiger partial charge in [0.25, 0.3) is 0 Å². The van der Waals surface area contributed by atoms with Gasteiger partial charge in [-0.15, -0.1) is 0 Å². The maximum absolute atomic E-state index is 13.6. The summed E-state index contributed by atoms with van der Waals surface area (Å²) in [5.41, 5.74) is 0. The zero-order chi connectivity index (χ0) is 21.1. The minimum Gasteiger partial charge on any atom is -0.340 e. The molecule has 1 atom stereocenters. The highest BCUT2D eigenvalue weighted by Gasteiger charge is 2.40. The molecule has 0 radical (unpaired) electrons. The van der Waals surface area contributed by atoms with Crippen LogP contribution in [0.5, 0.6) is 0 Å². The molecule has 3 amide bonds. The second-order valence-electron chi connectivity index (χ2n) is 9.66. The molecule has 4 rings (SSSR count). The largest absolute Gasteiger partial charge is 0.340 e. The first-order valence-corrected chi connectivity index (χ1v) is 12.1. The molecule has 0 aromatic carbocycles. The van der Waals surface area contributed by atoms with E-state index in [9.17, 15) is 14.4 Å². The molecule has 7 nitrogen and oxygen atoms in total. The molecule has 168 valence electrons. The fourth-order valence-corrected chi connectivity index (χ4v) is 6.01. The number of hydrogen-bond acceptors (Lipinski definition) is 4. The van der Waals surface area contributed by atoms with Gasteiger partial charge in [0.05, 0.1) is 6.04 Å². The molecule has 0 spiro atoms. The van der Waals surface area contributed by atoms with E-state index in [0.29, 0.717) is 38.0 Å². The van der Waals surface area contributed by atoms with Gasteiger partial charge < -0.3 is 14.7 Å². The summed E-state index contributed by atoms with van der Waals surface area (Å²) in [5.74, 6) is 1.36. The van der Waals surface area contributed by atoms with Crippen molar-refractivity contribution in [2.75, 3.05) is 52.4 Å². The van der Waals surface area contributed by atoms with Crippen LogP contribution in [0.15, 0.2) is 0 Å². The molecule has 2 saturated carbocycles. The van der Waals surface area contributed by atoms with Crippen LogP contribution in [0.4, 0.5) is 0 Å². The number of nitrogens with zero attached hydrogens (tertiary/aromatic N) is 4. The van der Waals surface area contributed by atoms with Crippen molar-refractivity contribution in [3.8, 4) is 0 Å². The molecule has 2 heterocycles. The van der Waals surface area contributed by atoms with Gasteiger partial charge in [-0.05, 0) is 31.6 Å². The van der Waals surface area contributed by atoms with Crippen LogP contribution in [0.3, 0.4) is 0 Å². The quantitative estimate of drug-likeness (QED) is 0.695. The van der Waals surface area contributed by atoms with Gasteiger partial charge in [0, 0.05) is 65.2 Å². The summed E-state index contributed by atoms with van der Waals surface area (Å²) in [6, 6.07) is -0.0555. The van der Waals surface area contributed by atoms with Crippen molar-refractivity contribution < 1.29 is 14.4 Å². The summed E-state index contributed by atoms with van der Waals surface area (Å²) in [7, 11) is 0. The lowest BCUT2D eigenvalue weighted by Gasteiger charge is -2.44. The van der Waals surface area contributed by atoms with E-state index >= 15 is 0 Å². The van der Waals surface area contributed by atoms with Gasteiger partial charge >= 0.3 is 0 Å². The van der Waals surface area contributed by atoms with Crippen molar-refractivity contribution >= 4 is 17.7 Å².